The number of carbonyl (C=O) groups excluding carboxylic acids is 2. The topological polar surface area (TPSA) is 62.6 Å². The van der Waals surface area contributed by atoms with Crippen molar-refractivity contribution in [3.63, 3.8) is 0 Å². The number of rotatable bonds is 5. The number of nitrogens with one attached hydrogen (secondary N) is 1. The van der Waals surface area contributed by atoms with Gasteiger partial charge in [0.05, 0.1) is 12.8 Å². The lowest BCUT2D eigenvalue weighted by atomic mass is 10.1. The Labute approximate surface area is 151 Å². The van der Waals surface area contributed by atoms with Crippen LogP contribution >= 0.6 is 11.8 Å². The second kappa shape index (κ2) is 7.78. The molecule has 2 heterocycles. The molecule has 0 bridgehead atoms. The molecule has 2 unspecified atom stereocenters. The van der Waals surface area contributed by atoms with Gasteiger partial charge < -0.3 is 14.6 Å². The molecule has 1 aromatic carbocycles. The number of carbonyl (C=O) groups is 2. The van der Waals surface area contributed by atoms with Gasteiger partial charge in [0, 0.05) is 11.7 Å². The van der Waals surface area contributed by atoms with Crippen molar-refractivity contribution in [3.05, 3.63) is 60.1 Å². The Morgan fingerprint density at radius 3 is 2.64 bits per heavy atom. The van der Waals surface area contributed by atoms with Crippen LogP contribution in [0, 0.1) is 5.92 Å². The first-order valence-electron chi connectivity index (χ1n) is 8.36. The summed E-state index contributed by atoms with van der Waals surface area (Å²) < 4.78 is 5.25. The lowest BCUT2D eigenvalue weighted by Gasteiger charge is -2.30. The van der Waals surface area contributed by atoms with Crippen LogP contribution in [0.5, 0.6) is 0 Å². The predicted molar refractivity (Wildman–Crippen MR) is 97.7 cm³/mol. The SMILES string of the molecule is CC(C)C(=O)N1C(C(=O)NCc2ccco2)CSC1c1ccccc1. The molecule has 0 aliphatic carbocycles. The van der Waals surface area contributed by atoms with E-state index in [9.17, 15) is 9.59 Å². The lowest BCUT2D eigenvalue weighted by molar-refractivity contribution is -0.142. The highest BCUT2D eigenvalue weighted by molar-refractivity contribution is 7.99. The third-order valence-corrected chi connectivity index (χ3v) is 5.48. The number of benzene rings is 1. The fourth-order valence-corrected chi connectivity index (χ4v) is 4.29. The number of thioether (sulfide) groups is 1. The van der Waals surface area contributed by atoms with E-state index in [0.717, 1.165) is 5.56 Å². The molecule has 1 fully saturated rings. The molecule has 2 aromatic rings. The molecular formula is C19H22N2O3S. The van der Waals surface area contributed by atoms with Crippen molar-refractivity contribution < 1.29 is 14.0 Å². The highest BCUT2D eigenvalue weighted by Gasteiger charge is 2.42. The molecule has 132 valence electrons. The molecule has 1 saturated heterocycles. The number of nitrogens with zero attached hydrogens (tertiary/aromatic N) is 1. The fourth-order valence-electron chi connectivity index (χ4n) is 2.86. The summed E-state index contributed by atoms with van der Waals surface area (Å²) in [5.41, 5.74) is 1.04. The van der Waals surface area contributed by atoms with Crippen LogP contribution < -0.4 is 5.32 Å². The van der Waals surface area contributed by atoms with Crippen molar-refractivity contribution in [1.29, 1.82) is 0 Å². The van der Waals surface area contributed by atoms with E-state index < -0.39 is 6.04 Å². The summed E-state index contributed by atoms with van der Waals surface area (Å²) in [4.78, 5) is 27.2. The van der Waals surface area contributed by atoms with E-state index in [2.05, 4.69) is 5.32 Å². The number of hydrogen-bond acceptors (Lipinski definition) is 4. The molecule has 0 radical (unpaired) electrons. The average molecular weight is 358 g/mol. The quantitative estimate of drug-likeness (QED) is 0.892. The maximum atomic E-state index is 12.8. The Kier molecular flexibility index (Phi) is 5.48. The molecular weight excluding hydrogens is 336 g/mol. The van der Waals surface area contributed by atoms with E-state index in [1.54, 1.807) is 29.0 Å². The van der Waals surface area contributed by atoms with Gasteiger partial charge >= 0.3 is 0 Å². The number of amides is 2. The van der Waals surface area contributed by atoms with Gasteiger partial charge in [-0.3, -0.25) is 9.59 Å². The second-order valence-corrected chi connectivity index (χ2v) is 7.42. The summed E-state index contributed by atoms with van der Waals surface area (Å²) in [7, 11) is 0. The minimum absolute atomic E-state index is 0.00278. The van der Waals surface area contributed by atoms with Crippen LogP contribution in [-0.2, 0) is 16.1 Å². The van der Waals surface area contributed by atoms with E-state index in [-0.39, 0.29) is 23.1 Å². The van der Waals surface area contributed by atoms with Gasteiger partial charge in [-0.2, -0.15) is 0 Å². The van der Waals surface area contributed by atoms with Gasteiger partial charge in [-0.15, -0.1) is 11.8 Å². The van der Waals surface area contributed by atoms with Crippen LogP contribution in [0.4, 0.5) is 0 Å². The van der Waals surface area contributed by atoms with Gasteiger partial charge in [-0.05, 0) is 17.7 Å². The summed E-state index contributed by atoms with van der Waals surface area (Å²) in [5.74, 6) is 0.973. The zero-order valence-corrected chi connectivity index (χ0v) is 15.2. The molecule has 1 aliphatic rings. The summed E-state index contributed by atoms with van der Waals surface area (Å²) in [6, 6.07) is 13.0. The van der Waals surface area contributed by atoms with Gasteiger partial charge in [0.2, 0.25) is 11.8 Å². The molecule has 2 atom stereocenters. The standard InChI is InChI=1S/C19H22N2O3S/c1-13(2)18(23)21-16(17(22)20-11-15-9-6-10-24-15)12-25-19(21)14-7-4-3-5-8-14/h3-10,13,16,19H,11-12H2,1-2H3,(H,20,22). The molecule has 25 heavy (non-hydrogen) atoms. The average Bonchev–Trinajstić information content (AvgIpc) is 3.29. The molecule has 0 spiro atoms. The van der Waals surface area contributed by atoms with Crippen LogP contribution in [0.25, 0.3) is 0 Å². The molecule has 2 amide bonds. The molecule has 3 rings (SSSR count). The van der Waals surface area contributed by atoms with Gasteiger partial charge in [-0.1, -0.05) is 44.2 Å². The van der Waals surface area contributed by atoms with Gasteiger partial charge in [0.25, 0.3) is 0 Å². The third-order valence-electron chi connectivity index (χ3n) is 4.15. The Balaban J connectivity index is 1.77. The maximum Gasteiger partial charge on any atom is 0.244 e. The van der Waals surface area contributed by atoms with Crippen LogP contribution in [0.3, 0.4) is 0 Å². The normalized spacial score (nSPS) is 20.0. The first kappa shape index (κ1) is 17.6. The third kappa shape index (κ3) is 3.90. The summed E-state index contributed by atoms with van der Waals surface area (Å²) in [6.45, 7) is 4.06. The molecule has 5 nitrogen and oxygen atoms in total. The van der Waals surface area contributed by atoms with Crippen molar-refractivity contribution in [2.45, 2.75) is 31.8 Å². The summed E-state index contributed by atoms with van der Waals surface area (Å²) in [5, 5.41) is 2.75. The maximum absolute atomic E-state index is 12.8. The number of furan rings is 1. The van der Waals surface area contributed by atoms with E-state index in [1.165, 1.54) is 0 Å². The minimum Gasteiger partial charge on any atom is -0.467 e. The monoisotopic (exact) mass is 358 g/mol. The van der Waals surface area contributed by atoms with E-state index in [4.69, 9.17) is 4.42 Å². The minimum atomic E-state index is -0.472. The van der Waals surface area contributed by atoms with E-state index >= 15 is 0 Å². The van der Waals surface area contributed by atoms with Crippen LogP contribution in [0.1, 0.15) is 30.5 Å². The van der Waals surface area contributed by atoms with Crippen molar-refractivity contribution in [3.8, 4) is 0 Å². The first-order chi connectivity index (χ1) is 12.1. The smallest absolute Gasteiger partial charge is 0.244 e. The molecule has 1 aromatic heterocycles. The second-order valence-electron chi connectivity index (χ2n) is 6.31. The molecule has 6 heteroatoms. The highest BCUT2D eigenvalue weighted by Crippen LogP contribution is 2.42. The summed E-state index contributed by atoms with van der Waals surface area (Å²) >= 11 is 1.63. The van der Waals surface area contributed by atoms with Crippen LogP contribution in [0.15, 0.2) is 53.1 Å². The van der Waals surface area contributed by atoms with Gasteiger partial charge in [0.1, 0.15) is 17.2 Å². The van der Waals surface area contributed by atoms with Crippen molar-refractivity contribution in [2.75, 3.05) is 5.75 Å². The van der Waals surface area contributed by atoms with Crippen LogP contribution in [-0.4, -0.2) is 28.5 Å². The zero-order chi connectivity index (χ0) is 17.8. The summed E-state index contributed by atoms with van der Waals surface area (Å²) in [6.07, 6.45) is 1.58. The van der Waals surface area contributed by atoms with Gasteiger partial charge in [-0.25, -0.2) is 0 Å². The predicted octanol–water partition coefficient (Wildman–Crippen LogP) is 3.19. The van der Waals surface area contributed by atoms with E-state index in [0.29, 0.717) is 18.1 Å². The Bertz CT molecular complexity index is 716. The number of hydrogen-bond donors (Lipinski definition) is 1. The molecule has 1 N–H and O–H groups in total. The Morgan fingerprint density at radius 2 is 2.00 bits per heavy atom. The van der Waals surface area contributed by atoms with E-state index in [1.807, 2.05) is 50.2 Å². The Morgan fingerprint density at radius 1 is 1.24 bits per heavy atom. The zero-order valence-electron chi connectivity index (χ0n) is 14.3. The lowest BCUT2D eigenvalue weighted by Crippen LogP contribution is -2.49. The molecule has 1 aliphatic heterocycles. The highest BCUT2D eigenvalue weighted by atomic mass is 32.2. The first-order valence-corrected chi connectivity index (χ1v) is 9.41. The van der Waals surface area contributed by atoms with Crippen molar-refractivity contribution in [1.82, 2.24) is 10.2 Å². The Hall–Kier alpha value is -2.21. The van der Waals surface area contributed by atoms with Crippen molar-refractivity contribution >= 4 is 23.6 Å². The van der Waals surface area contributed by atoms with Gasteiger partial charge in [0.15, 0.2) is 0 Å². The fraction of sp³-hybridized carbons (Fsp3) is 0.368. The van der Waals surface area contributed by atoms with Crippen LogP contribution in [0.2, 0.25) is 0 Å². The van der Waals surface area contributed by atoms with Crippen molar-refractivity contribution in [2.24, 2.45) is 5.92 Å². The molecule has 0 saturated carbocycles. The largest absolute Gasteiger partial charge is 0.467 e.